The molecule has 0 radical (unpaired) electrons. The van der Waals surface area contributed by atoms with Crippen LogP contribution in [0.25, 0.3) is 6.08 Å². The Morgan fingerprint density at radius 2 is 1.58 bits per heavy atom. The van der Waals surface area contributed by atoms with Crippen molar-refractivity contribution in [3.63, 3.8) is 0 Å². The van der Waals surface area contributed by atoms with E-state index in [0.29, 0.717) is 5.69 Å². The second kappa shape index (κ2) is 10.6. The number of para-hydroxylation sites is 1. The van der Waals surface area contributed by atoms with Gasteiger partial charge in [-0.05, 0) is 78.4 Å². The average Bonchev–Trinajstić information content (AvgIpc) is 3.68. The zero-order valence-corrected chi connectivity index (χ0v) is 22.9. The number of halogens is 2. The average molecular weight is 581 g/mol. The van der Waals surface area contributed by atoms with Crippen molar-refractivity contribution >= 4 is 35.2 Å². The third-order valence-electron chi connectivity index (χ3n) is 8.35. The second-order valence-corrected chi connectivity index (χ2v) is 11.0. The van der Waals surface area contributed by atoms with Crippen molar-refractivity contribution in [1.29, 1.82) is 0 Å². The number of rotatable bonds is 5. The van der Waals surface area contributed by atoms with Crippen molar-refractivity contribution in [3.05, 3.63) is 107 Å². The SMILES string of the molecule is O=C1[C@@H]2N=NN(CC(=O)N3N=C4/C(=C\c5ccc(F)cc5)CCC[C@@H]4[C@H]3c3ccc(F)cc3)[C@H]2C(=O)N1c1ccccc1. The van der Waals surface area contributed by atoms with Crippen LogP contribution in [0.4, 0.5) is 14.5 Å². The van der Waals surface area contributed by atoms with Gasteiger partial charge in [-0.1, -0.05) is 47.7 Å². The van der Waals surface area contributed by atoms with E-state index >= 15 is 0 Å². The lowest BCUT2D eigenvalue weighted by molar-refractivity contribution is -0.136. The number of amides is 3. The van der Waals surface area contributed by atoms with Gasteiger partial charge in [0, 0.05) is 5.92 Å². The highest BCUT2D eigenvalue weighted by Crippen LogP contribution is 2.45. The lowest BCUT2D eigenvalue weighted by atomic mass is 9.77. The van der Waals surface area contributed by atoms with Gasteiger partial charge in [-0.15, -0.1) is 0 Å². The molecular weight excluding hydrogens is 554 g/mol. The standard InChI is InChI=1S/C32H26F2N6O3/c33-22-13-9-19(10-14-22)17-21-5-4-8-25-27(21)36-40(29(25)20-11-15-23(34)16-12-20)26(41)18-38-30-28(35-37-38)31(42)39(32(30)43)24-6-2-1-3-7-24/h1-3,6-7,9-17,25,28-30H,4-5,8,18H2/b21-17-/t25-,28+,29+,30+/m0/s1. The molecule has 11 heteroatoms. The highest BCUT2D eigenvalue weighted by atomic mass is 19.1. The molecule has 0 N–H and O–H groups in total. The van der Waals surface area contributed by atoms with Crippen LogP contribution in [-0.4, -0.2) is 52.1 Å². The molecular formula is C32H26F2N6O3. The summed E-state index contributed by atoms with van der Waals surface area (Å²) in [6.07, 6.45) is 4.31. The molecule has 3 aromatic rings. The molecule has 0 unspecified atom stereocenters. The van der Waals surface area contributed by atoms with Crippen molar-refractivity contribution < 1.29 is 23.2 Å². The van der Waals surface area contributed by atoms with E-state index in [4.69, 9.17) is 5.10 Å². The summed E-state index contributed by atoms with van der Waals surface area (Å²) in [7, 11) is 0. The van der Waals surface area contributed by atoms with Gasteiger partial charge >= 0.3 is 0 Å². The maximum Gasteiger partial charge on any atom is 0.264 e. The number of allylic oxidation sites excluding steroid dienone is 1. The number of hydrazone groups is 1. The molecule has 0 spiro atoms. The van der Waals surface area contributed by atoms with Gasteiger partial charge in [0.15, 0.2) is 12.1 Å². The summed E-state index contributed by atoms with van der Waals surface area (Å²) in [5.41, 5.74) is 3.67. The van der Waals surface area contributed by atoms with Crippen LogP contribution in [0, 0.1) is 17.6 Å². The van der Waals surface area contributed by atoms with Gasteiger partial charge in [0.1, 0.15) is 18.2 Å². The van der Waals surface area contributed by atoms with Crippen molar-refractivity contribution in [2.45, 2.75) is 37.4 Å². The largest absolute Gasteiger partial charge is 0.271 e. The molecule has 9 nitrogen and oxygen atoms in total. The molecule has 216 valence electrons. The Morgan fingerprint density at radius 1 is 0.884 bits per heavy atom. The Kier molecular flexibility index (Phi) is 6.64. The van der Waals surface area contributed by atoms with Gasteiger partial charge in [-0.3, -0.25) is 19.4 Å². The lowest BCUT2D eigenvalue weighted by Gasteiger charge is -2.30. The highest BCUT2D eigenvalue weighted by Gasteiger charge is 2.55. The zero-order valence-electron chi connectivity index (χ0n) is 22.9. The van der Waals surface area contributed by atoms with Crippen LogP contribution in [0.3, 0.4) is 0 Å². The Hall–Kier alpha value is -5.06. The second-order valence-electron chi connectivity index (χ2n) is 11.0. The van der Waals surface area contributed by atoms with Crippen molar-refractivity contribution in [2.75, 3.05) is 11.4 Å². The molecule has 7 rings (SSSR count). The third kappa shape index (κ3) is 4.70. The maximum atomic E-state index is 14.0. The van der Waals surface area contributed by atoms with Gasteiger partial charge < -0.3 is 0 Å². The van der Waals surface area contributed by atoms with E-state index in [2.05, 4.69) is 10.3 Å². The summed E-state index contributed by atoms with van der Waals surface area (Å²) in [6.45, 7) is -0.329. The van der Waals surface area contributed by atoms with Gasteiger partial charge in [0.05, 0.1) is 17.4 Å². The van der Waals surface area contributed by atoms with E-state index < -0.39 is 41.7 Å². The molecule has 4 aliphatic rings. The molecule has 3 aromatic carbocycles. The normalized spacial score (nSPS) is 25.4. The summed E-state index contributed by atoms with van der Waals surface area (Å²) in [6, 6.07) is 18.2. The minimum atomic E-state index is -1.04. The molecule has 3 amide bonds. The Bertz CT molecular complexity index is 1690. The van der Waals surface area contributed by atoms with E-state index in [0.717, 1.165) is 46.6 Å². The molecule has 1 saturated carbocycles. The summed E-state index contributed by atoms with van der Waals surface area (Å²) in [5.74, 6) is -2.29. The van der Waals surface area contributed by atoms with Crippen LogP contribution in [0.1, 0.15) is 36.4 Å². The summed E-state index contributed by atoms with van der Waals surface area (Å²) < 4.78 is 27.4. The fourth-order valence-corrected chi connectivity index (χ4v) is 6.36. The van der Waals surface area contributed by atoms with Crippen molar-refractivity contribution in [2.24, 2.45) is 21.4 Å². The fraction of sp³-hybridized carbons (Fsp3) is 0.250. The molecule has 4 atom stereocenters. The first-order valence-corrected chi connectivity index (χ1v) is 14.1. The van der Waals surface area contributed by atoms with Crippen molar-refractivity contribution in [3.8, 4) is 0 Å². The number of hydrogen-bond donors (Lipinski definition) is 0. The van der Waals surface area contributed by atoms with Gasteiger partial charge in [0.25, 0.3) is 17.7 Å². The Balaban J connectivity index is 1.19. The molecule has 0 bridgehead atoms. The molecule has 2 fully saturated rings. The highest BCUT2D eigenvalue weighted by molar-refractivity contribution is 6.25. The number of fused-ring (bicyclic) bond motifs is 2. The van der Waals surface area contributed by atoms with Gasteiger partial charge in [-0.2, -0.15) is 10.2 Å². The molecule has 3 heterocycles. The van der Waals surface area contributed by atoms with Crippen LogP contribution in [0.2, 0.25) is 0 Å². The number of carbonyl (C=O) groups excluding carboxylic acids is 3. The first kappa shape index (κ1) is 26.8. The topological polar surface area (TPSA) is 98.0 Å². The first-order valence-electron chi connectivity index (χ1n) is 14.1. The monoisotopic (exact) mass is 580 g/mol. The maximum absolute atomic E-state index is 14.0. The predicted octanol–water partition coefficient (Wildman–Crippen LogP) is 5.08. The third-order valence-corrected chi connectivity index (χ3v) is 8.35. The number of nitrogens with zero attached hydrogens (tertiary/aromatic N) is 6. The quantitative estimate of drug-likeness (QED) is 0.393. The van der Waals surface area contributed by atoms with Crippen LogP contribution in [0.5, 0.6) is 0 Å². The summed E-state index contributed by atoms with van der Waals surface area (Å²) in [4.78, 5) is 41.5. The van der Waals surface area contributed by atoms with E-state index in [9.17, 15) is 23.2 Å². The molecule has 43 heavy (non-hydrogen) atoms. The van der Waals surface area contributed by atoms with Crippen LogP contribution in [-0.2, 0) is 14.4 Å². The molecule has 1 aliphatic carbocycles. The Morgan fingerprint density at radius 3 is 2.30 bits per heavy atom. The van der Waals surface area contributed by atoms with E-state index in [-0.39, 0.29) is 18.3 Å². The van der Waals surface area contributed by atoms with E-state index in [1.54, 1.807) is 54.6 Å². The minimum absolute atomic E-state index is 0.147. The number of hydrogen-bond acceptors (Lipinski definition) is 7. The van der Waals surface area contributed by atoms with Gasteiger partial charge in [0.2, 0.25) is 0 Å². The number of anilines is 1. The van der Waals surface area contributed by atoms with E-state index in [1.807, 2.05) is 6.08 Å². The van der Waals surface area contributed by atoms with Crippen molar-refractivity contribution in [1.82, 2.24) is 10.0 Å². The smallest absolute Gasteiger partial charge is 0.264 e. The summed E-state index contributed by atoms with van der Waals surface area (Å²) in [5, 5.41) is 15.6. The molecule has 1 saturated heterocycles. The number of carbonyl (C=O) groups is 3. The van der Waals surface area contributed by atoms with E-state index in [1.165, 1.54) is 34.3 Å². The molecule has 3 aliphatic heterocycles. The zero-order chi connectivity index (χ0) is 29.7. The predicted molar refractivity (Wildman–Crippen MR) is 153 cm³/mol. The van der Waals surface area contributed by atoms with Crippen LogP contribution >= 0.6 is 0 Å². The molecule has 0 aromatic heterocycles. The van der Waals surface area contributed by atoms with Gasteiger partial charge in [-0.25, -0.2) is 18.7 Å². The lowest BCUT2D eigenvalue weighted by Crippen LogP contribution is -2.45. The number of imide groups is 1. The van der Waals surface area contributed by atoms with Crippen LogP contribution < -0.4 is 4.90 Å². The number of benzene rings is 3. The Labute approximate surface area is 245 Å². The van der Waals surface area contributed by atoms with Crippen LogP contribution in [0.15, 0.2) is 99.9 Å². The first-order chi connectivity index (χ1) is 20.9. The fourth-order valence-electron chi connectivity index (χ4n) is 6.36. The minimum Gasteiger partial charge on any atom is -0.271 e. The summed E-state index contributed by atoms with van der Waals surface area (Å²) >= 11 is 0.